The third kappa shape index (κ3) is 2.70. The first kappa shape index (κ1) is 9.32. The number of aliphatic hydroxyl groups excluding tert-OH is 1. The molecule has 0 aromatic heterocycles. The Hall–Kier alpha value is -0.770. The highest BCUT2D eigenvalue weighted by Crippen LogP contribution is 2.27. The van der Waals surface area contributed by atoms with Crippen LogP contribution in [-0.4, -0.2) is 29.0 Å². The van der Waals surface area contributed by atoms with Gasteiger partial charge in [-0.15, -0.1) is 0 Å². The first-order chi connectivity index (χ1) is 5.72. The van der Waals surface area contributed by atoms with Gasteiger partial charge in [-0.2, -0.15) is 0 Å². The zero-order chi connectivity index (χ0) is 8.97. The Morgan fingerprint density at radius 3 is 2.83 bits per heavy atom. The molecule has 0 radical (unpaired) electrons. The van der Waals surface area contributed by atoms with Gasteiger partial charge in [-0.3, -0.25) is 0 Å². The molecule has 1 saturated carbocycles. The Labute approximate surface area is 71.6 Å². The quantitative estimate of drug-likeness (QED) is 0.591. The molecule has 0 bridgehead atoms. The molecule has 3 N–H and O–H groups in total. The van der Waals surface area contributed by atoms with Crippen LogP contribution in [0.2, 0.25) is 0 Å². The second-order valence-electron chi connectivity index (χ2n) is 3.34. The van der Waals surface area contributed by atoms with E-state index in [1.165, 1.54) is 0 Å². The molecule has 1 aliphatic rings. The van der Waals surface area contributed by atoms with Gasteiger partial charge >= 0.3 is 6.09 Å². The summed E-state index contributed by atoms with van der Waals surface area (Å²) < 4.78 is 0. The van der Waals surface area contributed by atoms with Gasteiger partial charge < -0.3 is 15.5 Å². The molecule has 0 spiro atoms. The van der Waals surface area contributed by atoms with Crippen molar-refractivity contribution < 1.29 is 15.0 Å². The van der Waals surface area contributed by atoms with Gasteiger partial charge in [0.2, 0.25) is 0 Å². The lowest BCUT2D eigenvalue weighted by atomic mass is 10.0. The van der Waals surface area contributed by atoms with Crippen molar-refractivity contribution in [3.63, 3.8) is 0 Å². The molecule has 1 amide bonds. The molecule has 2 atom stereocenters. The Balaban J connectivity index is 2.21. The lowest BCUT2D eigenvalue weighted by Crippen LogP contribution is -2.31. The number of hydrogen-bond acceptors (Lipinski definition) is 2. The zero-order valence-electron chi connectivity index (χ0n) is 6.99. The fourth-order valence-electron chi connectivity index (χ4n) is 1.83. The van der Waals surface area contributed by atoms with E-state index in [0.717, 1.165) is 25.7 Å². The first-order valence-corrected chi connectivity index (χ1v) is 4.32. The number of amides is 1. The summed E-state index contributed by atoms with van der Waals surface area (Å²) in [5.74, 6) is 0.506. The van der Waals surface area contributed by atoms with E-state index in [1.54, 1.807) is 0 Å². The summed E-state index contributed by atoms with van der Waals surface area (Å²) in [5, 5.41) is 19.6. The Kier molecular flexibility index (Phi) is 3.34. The van der Waals surface area contributed by atoms with E-state index in [-0.39, 0.29) is 12.6 Å². The Morgan fingerprint density at radius 1 is 1.50 bits per heavy atom. The van der Waals surface area contributed by atoms with Crippen molar-refractivity contribution in [2.75, 3.05) is 6.61 Å². The molecule has 2 unspecified atom stereocenters. The van der Waals surface area contributed by atoms with Crippen LogP contribution in [0.5, 0.6) is 0 Å². The van der Waals surface area contributed by atoms with E-state index in [0.29, 0.717) is 5.92 Å². The number of nitrogens with one attached hydrogen (secondary N) is 1. The van der Waals surface area contributed by atoms with Gasteiger partial charge in [0.1, 0.15) is 0 Å². The molecule has 0 aromatic carbocycles. The van der Waals surface area contributed by atoms with Crippen molar-refractivity contribution in [2.45, 2.75) is 31.7 Å². The maximum Gasteiger partial charge on any atom is 0.404 e. The summed E-state index contributed by atoms with van der Waals surface area (Å²) in [6.07, 6.45) is 2.69. The van der Waals surface area contributed by atoms with Crippen LogP contribution in [0, 0.1) is 5.92 Å². The molecule has 1 fully saturated rings. The van der Waals surface area contributed by atoms with Crippen molar-refractivity contribution in [3.8, 4) is 0 Å². The summed E-state index contributed by atoms with van der Waals surface area (Å²) in [4.78, 5) is 10.3. The first-order valence-electron chi connectivity index (χ1n) is 4.32. The predicted octanol–water partition coefficient (Wildman–Crippen LogP) is 0.805. The van der Waals surface area contributed by atoms with Crippen molar-refractivity contribution in [1.82, 2.24) is 5.32 Å². The maximum absolute atomic E-state index is 10.3. The molecule has 70 valence electrons. The monoisotopic (exact) mass is 173 g/mol. The van der Waals surface area contributed by atoms with Gasteiger partial charge in [0.05, 0.1) is 0 Å². The van der Waals surface area contributed by atoms with Gasteiger partial charge in [-0.25, -0.2) is 4.79 Å². The SMILES string of the molecule is O=C(O)NC1CCC(CCO)C1. The van der Waals surface area contributed by atoms with Gasteiger partial charge in [0.25, 0.3) is 0 Å². The van der Waals surface area contributed by atoms with Crippen LogP contribution in [0.15, 0.2) is 0 Å². The van der Waals surface area contributed by atoms with Gasteiger partial charge in [0.15, 0.2) is 0 Å². The highest BCUT2D eigenvalue weighted by molar-refractivity contribution is 5.64. The van der Waals surface area contributed by atoms with E-state index in [2.05, 4.69) is 5.32 Å². The largest absolute Gasteiger partial charge is 0.465 e. The molecule has 0 saturated heterocycles. The van der Waals surface area contributed by atoms with Crippen LogP contribution >= 0.6 is 0 Å². The van der Waals surface area contributed by atoms with Crippen LogP contribution in [0.3, 0.4) is 0 Å². The van der Waals surface area contributed by atoms with Crippen molar-refractivity contribution in [1.29, 1.82) is 0 Å². The molecular weight excluding hydrogens is 158 g/mol. The van der Waals surface area contributed by atoms with Crippen LogP contribution in [0.4, 0.5) is 4.79 Å². The number of rotatable bonds is 3. The molecule has 1 aliphatic carbocycles. The Bertz CT molecular complexity index is 160. The maximum atomic E-state index is 10.3. The summed E-state index contributed by atoms with van der Waals surface area (Å²) in [6, 6.07) is 0.110. The minimum Gasteiger partial charge on any atom is -0.465 e. The minimum absolute atomic E-state index is 0.110. The summed E-state index contributed by atoms with van der Waals surface area (Å²) in [5.41, 5.74) is 0. The average Bonchev–Trinajstić information content (AvgIpc) is 2.36. The molecule has 0 heterocycles. The summed E-state index contributed by atoms with van der Waals surface area (Å²) in [6.45, 7) is 0.213. The number of carboxylic acid groups (broad SMARTS) is 1. The number of aliphatic hydroxyl groups is 1. The second-order valence-corrected chi connectivity index (χ2v) is 3.34. The highest BCUT2D eigenvalue weighted by atomic mass is 16.4. The number of carbonyl (C=O) groups is 1. The fraction of sp³-hybridized carbons (Fsp3) is 0.875. The fourth-order valence-corrected chi connectivity index (χ4v) is 1.83. The normalized spacial score (nSPS) is 28.8. The third-order valence-electron chi connectivity index (χ3n) is 2.41. The lowest BCUT2D eigenvalue weighted by molar-refractivity contribution is 0.189. The standard InChI is InChI=1S/C8H15NO3/c10-4-3-6-1-2-7(5-6)9-8(11)12/h6-7,9-10H,1-5H2,(H,11,12). The van der Waals surface area contributed by atoms with Gasteiger partial charge in [0, 0.05) is 12.6 Å². The summed E-state index contributed by atoms with van der Waals surface area (Å²) >= 11 is 0. The van der Waals surface area contributed by atoms with Crippen LogP contribution in [0.25, 0.3) is 0 Å². The van der Waals surface area contributed by atoms with Crippen LogP contribution in [0.1, 0.15) is 25.7 Å². The lowest BCUT2D eigenvalue weighted by Gasteiger charge is -2.09. The minimum atomic E-state index is -0.940. The molecule has 0 aliphatic heterocycles. The smallest absolute Gasteiger partial charge is 0.404 e. The Morgan fingerprint density at radius 2 is 2.25 bits per heavy atom. The van der Waals surface area contributed by atoms with Crippen LogP contribution in [-0.2, 0) is 0 Å². The van der Waals surface area contributed by atoms with Gasteiger partial charge in [-0.05, 0) is 31.6 Å². The molecular formula is C8H15NO3. The number of hydrogen-bond donors (Lipinski definition) is 3. The van der Waals surface area contributed by atoms with Crippen molar-refractivity contribution in [2.24, 2.45) is 5.92 Å². The highest BCUT2D eigenvalue weighted by Gasteiger charge is 2.24. The van der Waals surface area contributed by atoms with E-state index in [9.17, 15) is 4.79 Å². The molecule has 12 heavy (non-hydrogen) atoms. The predicted molar refractivity (Wildman–Crippen MR) is 44.0 cm³/mol. The van der Waals surface area contributed by atoms with E-state index < -0.39 is 6.09 Å². The molecule has 4 heteroatoms. The average molecular weight is 173 g/mol. The van der Waals surface area contributed by atoms with Crippen molar-refractivity contribution >= 4 is 6.09 Å². The van der Waals surface area contributed by atoms with Gasteiger partial charge in [-0.1, -0.05) is 0 Å². The summed E-state index contributed by atoms with van der Waals surface area (Å²) in [7, 11) is 0. The zero-order valence-corrected chi connectivity index (χ0v) is 6.99. The van der Waals surface area contributed by atoms with E-state index in [4.69, 9.17) is 10.2 Å². The molecule has 4 nitrogen and oxygen atoms in total. The third-order valence-corrected chi connectivity index (χ3v) is 2.41. The molecule has 0 aromatic rings. The van der Waals surface area contributed by atoms with E-state index >= 15 is 0 Å². The molecule has 1 rings (SSSR count). The van der Waals surface area contributed by atoms with Crippen LogP contribution < -0.4 is 5.32 Å². The topological polar surface area (TPSA) is 69.6 Å². The second kappa shape index (κ2) is 4.30. The van der Waals surface area contributed by atoms with E-state index in [1.807, 2.05) is 0 Å². The van der Waals surface area contributed by atoms with Crippen molar-refractivity contribution in [3.05, 3.63) is 0 Å².